The first kappa shape index (κ1) is 11.5. The summed E-state index contributed by atoms with van der Waals surface area (Å²) < 4.78 is 5.84. The van der Waals surface area contributed by atoms with Gasteiger partial charge in [0.1, 0.15) is 5.75 Å². The van der Waals surface area contributed by atoms with Gasteiger partial charge in [-0.1, -0.05) is 31.9 Å². The quantitative estimate of drug-likeness (QED) is 0.772. The third-order valence-electron chi connectivity index (χ3n) is 3.28. The molecule has 88 valence electrons. The van der Waals surface area contributed by atoms with Gasteiger partial charge in [-0.25, -0.2) is 0 Å². The second-order valence-corrected chi connectivity index (χ2v) is 4.52. The summed E-state index contributed by atoms with van der Waals surface area (Å²) in [4.78, 5) is 0. The summed E-state index contributed by atoms with van der Waals surface area (Å²) in [5.74, 6) is 1.06. The number of benzene rings is 1. The van der Waals surface area contributed by atoms with Gasteiger partial charge < -0.3 is 10.5 Å². The molecule has 1 atom stereocenters. The first-order chi connectivity index (χ1) is 7.83. The van der Waals surface area contributed by atoms with Crippen LogP contribution >= 0.6 is 0 Å². The van der Waals surface area contributed by atoms with Crippen LogP contribution < -0.4 is 10.5 Å². The van der Waals surface area contributed by atoms with Crippen molar-refractivity contribution in [1.82, 2.24) is 0 Å². The Morgan fingerprint density at radius 3 is 3.06 bits per heavy atom. The molecule has 0 heterocycles. The van der Waals surface area contributed by atoms with Crippen molar-refractivity contribution in [3.05, 3.63) is 29.3 Å². The first-order valence-electron chi connectivity index (χ1n) is 6.33. The molecule has 0 amide bonds. The maximum absolute atomic E-state index is 6.04. The smallest absolute Gasteiger partial charge is 0.122 e. The summed E-state index contributed by atoms with van der Waals surface area (Å²) in [5, 5.41) is 0. The highest BCUT2D eigenvalue weighted by Crippen LogP contribution is 2.35. The number of hydrogen-bond donors (Lipinski definition) is 1. The maximum Gasteiger partial charge on any atom is 0.122 e. The van der Waals surface area contributed by atoms with Gasteiger partial charge in [-0.2, -0.15) is 0 Å². The fourth-order valence-electron chi connectivity index (χ4n) is 2.32. The Balaban J connectivity index is 2.00. The van der Waals surface area contributed by atoms with Crippen LogP contribution in [0.5, 0.6) is 5.75 Å². The summed E-state index contributed by atoms with van der Waals surface area (Å²) in [5.41, 5.74) is 8.66. The minimum atomic E-state index is 0.217. The highest BCUT2D eigenvalue weighted by atomic mass is 16.5. The fraction of sp³-hybridized carbons (Fsp3) is 0.571. The number of hydrogen-bond acceptors (Lipinski definition) is 2. The van der Waals surface area contributed by atoms with E-state index in [0.717, 1.165) is 31.6 Å². The molecule has 0 saturated heterocycles. The Kier molecular flexibility index (Phi) is 3.83. The van der Waals surface area contributed by atoms with Crippen LogP contribution in [0.2, 0.25) is 0 Å². The monoisotopic (exact) mass is 219 g/mol. The summed E-state index contributed by atoms with van der Waals surface area (Å²) in [6.45, 7) is 3.04. The van der Waals surface area contributed by atoms with E-state index in [2.05, 4.69) is 25.1 Å². The lowest BCUT2D eigenvalue weighted by Crippen LogP contribution is -2.05. The normalized spacial score (nSPS) is 18.5. The predicted octanol–water partition coefficient (Wildman–Crippen LogP) is 3.20. The molecular formula is C14H21NO. The van der Waals surface area contributed by atoms with E-state index in [1.54, 1.807) is 0 Å². The second kappa shape index (κ2) is 5.35. The van der Waals surface area contributed by atoms with Crippen LogP contribution in [-0.2, 0) is 6.42 Å². The van der Waals surface area contributed by atoms with Crippen molar-refractivity contribution in [2.24, 2.45) is 5.73 Å². The summed E-state index contributed by atoms with van der Waals surface area (Å²) >= 11 is 0. The highest BCUT2D eigenvalue weighted by molar-refractivity contribution is 5.44. The molecule has 0 saturated carbocycles. The van der Waals surface area contributed by atoms with Crippen molar-refractivity contribution in [3.8, 4) is 5.75 Å². The van der Waals surface area contributed by atoms with E-state index in [9.17, 15) is 0 Å². The van der Waals surface area contributed by atoms with Crippen LogP contribution in [-0.4, -0.2) is 6.61 Å². The van der Waals surface area contributed by atoms with Crippen LogP contribution in [0.4, 0.5) is 0 Å². The molecule has 0 bridgehead atoms. The molecule has 2 heteroatoms. The lowest BCUT2D eigenvalue weighted by atomic mass is 10.1. The van der Waals surface area contributed by atoms with Crippen molar-refractivity contribution in [2.45, 2.75) is 45.1 Å². The number of fused-ring (bicyclic) bond motifs is 1. The Bertz CT molecular complexity index is 349. The molecule has 0 radical (unpaired) electrons. The van der Waals surface area contributed by atoms with Gasteiger partial charge in [-0.05, 0) is 36.5 Å². The van der Waals surface area contributed by atoms with Crippen LogP contribution in [0.25, 0.3) is 0 Å². The topological polar surface area (TPSA) is 35.2 Å². The molecule has 16 heavy (non-hydrogen) atoms. The van der Waals surface area contributed by atoms with E-state index >= 15 is 0 Å². The van der Waals surface area contributed by atoms with Crippen molar-refractivity contribution in [2.75, 3.05) is 6.61 Å². The number of unbranched alkanes of at least 4 members (excludes halogenated alkanes) is 2. The molecule has 2 N–H and O–H groups in total. The minimum Gasteiger partial charge on any atom is -0.493 e. The third-order valence-corrected chi connectivity index (χ3v) is 3.28. The minimum absolute atomic E-state index is 0.217. The highest BCUT2D eigenvalue weighted by Gasteiger charge is 2.21. The molecule has 1 aromatic rings. The van der Waals surface area contributed by atoms with Crippen molar-refractivity contribution < 1.29 is 4.74 Å². The van der Waals surface area contributed by atoms with E-state index in [1.807, 2.05) is 0 Å². The molecule has 0 fully saturated rings. The van der Waals surface area contributed by atoms with Crippen LogP contribution in [0.15, 0.2) is 18.2 Å². The van der Waals surface area contributed by atoms with E-state index in [0.29, 0.717) is 0 Å². The van der Waals surface area contributed by atoms with Crippen molar-refractivity contribution in [3.63, 3.8) is 0 Å². The van der Waals surface area contributed by atoms with Gasteiger partial charge in [0, 0.05) is 6.04 Å². The molecule has 2 rings (SSSR count). The number of rotatable bonds is 5. The van der Waals surface area contributed by atoms with Gasteiger partial charge in [-0.15, -0.1) is 0 Å². The molecule has 2 nitrogen and oxygen atoms in total. The number of ether oxygens (including phenoxy) is 1. The van der Waals surface area contributed by atoms with Crippen LogP contribution in [0.3, 0.4) is 0 Å². The van der Waals surface area contributed by atoms with E-state index in [-0.39, 0.29) is 6.04 Å². The molecule has 0 aliphatic heterocycles. The molecule has 1 aliphatic carbocycles. The maximum atomic E-state index is 6.04. The lowest BCUT2D eigenvalue weighted by Gasteiger charge is -2.11. The van der Waals surface area contributed by atoms with Gasteiger partial charge in [-0.3, -0.25) is 0 Å². The molecule has 0 spiro atoms. The zero-order chi connectivity index (χ0) is 11.4. The molecular weight excluding hydrogens is 198 g/mol. The lowest BCUT2D eigenvalue weighted by molar-refractivity contribution is 0.303. The Hall–Kier alpha value is -1.02. The average molecular weight is 219 g/mol. The van der Waals surface area contributed by atoms with Gasteiger partial charge in [0.05, 0.1) is 6.61 Å². The predicted molar refractivity (Wildman–Crippen MR) is 66.7 cm³/mol. The zero-order valence-electron chi connectivity index (χ0n) is 10.0. The van der Waals surface area contributed by atoms with Crippen LogP contribution in [0, 0.1) is 0 Å². The third kappa shape index (κ3) is 2.38. The SMILES string of the molecule is CCCCCOc1cccc2c1CCC2N. The van der Waals surface area contributed by atoms with Gasteiger partial charge in [0.2, 0.25) is 0 Å². The van der Waals surface area contributed by atoms with E-state index < -0.39 is 0 Å². The molecule has 0 aromatic heterocycles. The molecule has 1 aliphatic rings. The summed E-state index contributed by atoms with van der Waals surface area (Å²) in [6, 6.07) is 6.47. The number of nitrogens with two attached hydrogens (primary N) is 1. The van der Waals surface area contributed by atoms with Crippen LogP contribution in [0.1, 0.15) is 49.8 Å². The Morgan fingerprint density at radius 2 is 2.25 bits per heavy atom. The van der Waals surface area contributed by atoms with Crippen molar-refractivity contribution >= 4 is 0 Å². The van der Waals surface area contributed by atoms with Gasteiger partial charge >= 0.3 is 0 Å². The van der Waals surface area contributed by atoms with E-state index in [4.69, 9.17) is 10.5 Å². The summed E-state index contributed by atoms with van der Waals surface area (Å²) in [6.07, 6.45) is 5.76. The molecule has 1 unspecified atom stereocenters. The zero-order valence-corrected chi connectivity index (χ0v) is 10.0. The fourth-order valence-corrected chi connectivity index (χ4v) is 2.32. The summed E-state index contributed by atoms with van der Waals surface area (Å²) in [7, 11) is 0. The van der Waals surface area contributed by atoms with Gasteiger partial charge in [0.25, 0.3) is 0 Å². The first-order valence-corrected chi connectivity index (χ1v) is 6.33. The van der Waals surface area contributed by atoms with Crippen molar-refractivity contribution in [1.29, 1.82) is 0 Å². The largest absolute Gasteiger partial charge is 0.493 e. The Morgan fingerprint density at radius 1 is 1.38 bits per heavy atom. The standard InChI is InChI=1S/C14H21NO/c1-2-3-4-10-16-14-7-5-6-11-12(14)8-9-13(11)15/h5-7,13H,2-4,8-10,15H2,1H3. The van der Waals surface area contributed by atoms with Gasteiger partial charge in [0.15, 0.2) is 0 Å². The van der Waals surface area contributed by atoms with E-state index in [1.165, 1.54) is 24.0 Å². The second-order valence-electron chi connectivity index (χ2n) is 4.52. The molecule has 1 aromatic carbocycles. The average Bonchev–Trinajstić information content (AvgIpc) is 2.68. The Labute approximate surface area is 97.8 Å².